The van der Waals surface area contributed by atoms with Gasteiger partial charge >= 0.3 is 0 Å². The van der Waals surface area contributed by atoms with Crippen molar-refractivity contribution in [2.24, 2.45) is 5.92 Å². The number of hydrogen-bond donors (Lipinski definition) is 1. The second-order valence-corrected chi connectivity index (χ2v) is 4.29. The van der Waals surface area contributed by atoms with Crippen molar-refractivity contribution in [3.63, 3.8) is 0 Å². The topological polar surface area (TPSA) is 21.3 Å². The molecule has 0 spiro atoms. The molecule has 96 valence electrons. The third-order valence-corrected chi connectivity index (χ3v) is 2.85. The summed E-state index contributed by atoms with van der Waals surface area (Å²) in [6, 6.07) is 6.77. The van der Waals surface area contributed by atoms with E-state index in [1.54, 1.807) is 7.11 Å². The lowest BCUT2D eigenvalue weighted by Crippen LogP contribution is -2.25. The molecular formula is C14H22FNO. The monoisotopic (exact) mass is 239 g/mol. The molecule has 1 aromatic carbocycles. The smallest absolute Gasteiger partial charge is 0.123 e. The molecule has 1 atom stereocenters. The van der Waals surface area contributed by atoms with Gasteiger partial charge in [0, 0.05) is 13.7 Å². The van der Waals surface area contributed by atoms with E-state index >= 15 is 0 Å². The lowest BCUT2D eigenvalue weighted by molar-refractivity contribution is 0.176. The van der Waals surface area contributed by atoms with E-state index in [0.29, 0.717) is 5.92 Å². The number of nitrogens with one attached hydrogen (secondary N) is 1. The van der Waals surface area contributed by atoms with E-state index in [0.717, 1.165) is 32.5 Å². The van der Waals surface area contributed by atoms with Crippen LogP contribution in [0, 0.1) is 11.7 Å². The molecule has 1 rings (SSSR count). The van der Waals surface area contributed by atoms with Crippen molar-refractivity contribution in [2.45, 2.75) is 19.8 Å². The molecule has 1 aromatic rings. The summed E-state index contributed by atoms with van der Waals surface area (Å²) < 4.78 is 17.9. The highest BCUT2D eigenvalue weighted by Crippen LogP contribution is 2.12. The second kappa shape index (κ2) is 8.20. The predicted molar refractivity (Wildman–Crippen MR) is 68.6 cm³/mol. The molecule has 1 unspecified atom stereocenters. The molecule has 3 heteroatoms. The quantitative estimate of drug-likeness (QED) is 0.753. The molecule has 0 aliphatic carbocycles. The highest BCUT2D eigenvalue weighted by molar-refractivity contribution is 5.16. The molecule has 1 N–H and O–H groups in total. The zero-order valence-electron chi connectivity index (χ0n) is 10.7. The Morgan fingerprint density at radius 3 is 2.59 bits per heavy atom. The summed E-state index contributed by atoms with van der Waals surface area (Å²) in [5.41, 5.74) is 1.19. The third kappa shape index (κ3) is 5.80. The third-order valence-electron chi connectivity index (χ3n) is 2.85. The molecule has 0 radical (unpaired) electrons. The van der Waals surface area contributed by atoms with E-state index < -0.39 is 0 Å². The van der Waals surface area contributed by atoms with Crippen LogP contribution in [0.15, 0.2) is 24.3 Å². The molecule has 0 aromatic heterocycles. The standard InChI is InChI=1S/C14H22FNO/c1-3-16-11-13(8-9-17-2)10-12-4-6-14(15)7-5-12/h4-7,13,16H,3,8-11H2,1-2H3. The van der Waals surface area contributed by atoms with Crippen LogP contribution in [0.3, 0.4) is 0 Å². The number of hydrogen-bond acceptors (Lipinski definition) is 2. The van der Waals surface area contributed by atoms with Gasteiger partial charge in [-0.2, -0.15) is 0 Å². The van der Waals surface area contributed by atoms with E-state index in [4.69, 9.17) is 4.74 Å². The number of benzene rings is 1. The highest BCUT2D eigenvalue weighted by atomic mass is 19.1. The first kappa shape index (κ1) is 14.1. The van der Waals surface area contributed by atoms with E-state index in [9.17, 15) is 4.39 Å². The van der Waals surface area contributed by atoms with Crippen molar-refractivity contribution in [3.05, 3.63) is 35.6 Å². The van der Waals surface area contributed by atoms with Gasteiger partial charge in [0.2, 0.25) is 0 Å². The Morgan fingerprint density at radius 2 is 2.00 bits per heavy atom. The van der Waals surface area contributed by atoms with Gasteiger partial charge in [-0.15, -0.1) is 0 Å². The Hall–Kier alpha value is -0.930. The molecule has 2 nitrogen and oxygen atoms in total. The summed E-state index contributed by atoms with van der Waals surface area (Å²) in [4.78, 5) is 0. The van der Waals surface area contributed by atoms with Gasteiger partial charge in [0.15, 0.2) is 0 Å². The Bertz CT molecular complexity index is 292. The summed E-state index contributed by atoms with van der Waals surface area (Å²) in [5, 5.41) is 3.36. The van der Waals surface area contributed by atoms with E-state index in [1.165, 1.54) is 17.7 Å². The van der Waals surface area contributed by atoms with E-state index in [1.807, 2.05) is 12.1 Å². The lowest BCUT2D eigenvalue weighted by Gasteiger charge is -2.17. The SMILES string of the molecule is CCNCC(CCOC)Cc1ccc(F)cc1. The molecule has 0 fully saturated rings. The minimum absolute atomic E-state index is 0.172. The molecular weight excluding hydrogens is 217 g/mol. The van der Waals surface area contributed by atoms with Crippen LogP contribution in [-0.2, 0) is 11.2 Å². The summed E-state index contributed by atoms with van der Waals surface area (Å²) in [6.07, 6.45) is 2.00. The minimum atomic E-state index is -0.172. The Morgan fingerprint density at radius 1 is 1.29 bits per heavy atom. The van der Waals surface area contributed by atoms with Crippen LogP contribution in [0.4, 0.5) is 4.39 Å². The van der Waals surface area contributed by atoms with Crippen molar-refractivity contribution < 1.29 is 9.13 Å². The van der Waals surface area contributed by atoms with Crippen LogP contribution in [0.5, 0.6) is 0 Å². The highest BCUT2D eigenvalue weighted by Gasteiger charge is 2.09. The van der Waals surface area contributed by atoms with Gasteiger partial charge in [0.05, 0.1) is 0 Å². The van der Waals surface area contributed by atoms with Crippen molar-refractivity contribution in [1.82, 2.24) is 5.32 Å². The molecule has 0 amide bonds. The average molecular weight is 239 g/mol. The normalized spacial score (nSPS) is 12.6. The summed E-state index contributed by atoms with van der Waals surface area (Å²) >= 11 is 0. The fourth-order valence-electron chi connectivity index (χ4n) is 1.86. The van der Waals surface area contributed by atoms with Gasteiger partial charge in [0.25, 0.3) is 0 Å². The number of rotatable bonds is 8. The predicted octanol–water partition coefficient (Wildman–Crippen LogP) is 2.63. The van der Waals surface area contributed by atoms with Crippen LogP contribution in [-0.4, -0.2) is 26.8 Å². The van der Waals surface area contributed by atoms with Crippen LogP contribution in [0.1, 0.15) is 18.9 Å². The first-order valence-corrected chi connectivity index (χ1v) is 6.20. The van der Waals surface area contributed by atoms with Gasteiger partial charge in [-0.05, 0) is 49.5 Å². The van der Waals surface area contributed by atoms with E-state index in [-0.39, 0.29) is 5.82 Å². The largest absolute Gasteiger partial charge is 0.385 e. The van der Waals surface area contributed by atoms with Gasteiger partial charge in [-0.25, -0.2) is 4.39 Å². The molecule has 0 aliphatic rings. The van der Waals surface area contributed by atoms with Gasteiger partial charge < -0.3 is 10.1 Å². The van der Waals surface area contributed by atoms with Crippen molar-refractivity contribution >= 4 is 0 Å². The molecule has 0 saturated carbocycles. The first-order valence-electron chi connectivity index (χ1n) is 6.20. The second-order valence-electron chi connectivity index (χ2n) is 4.29. The summed E-state index contributed by atoms with van der Waals surface area (Å²) in [6.45, 7) is 4.84. The molecule has 17 heavy (non-hydrogen) atoms. The van der Waals surface area contributed by atoms with Crippen LogP contribution in [0.25, 0.3) is 0 Å². The van der Waals surface area contributed by atoms with Crippen LogP contribution in [0.2, 0.25) is 0 Å². The number of methoxy groups -OCH3 is 1. The van der Waals surface area contributed by atoms with Gasteiger partial charge in [-0.1, -0.05) is 19.1 Å². The molecule has 0 saturated heterocycles. The van der Waals surface area contributed by atoms with Crippen molar-refractivity contribution in [2.75, 3.05) is 26.8 Å². The zero-order valence-corrected chi connectivity index (χ0v) is 10.7. The fraction of sp³-hybridized carbons (Fsp3) is 0.571. The molecule has 0 bridgehead atoms. The van der Waals surface area contributed by atoms with Crippen molar-refractivity contribution in [3.8, 4) is 0 Å². The maximum atomic E-state index is 12.8. The van der Waals surface area contributed by atoms with E-state index in [2.05, 4.69) is 12.2 Å². The van der Waals surface area contributed by atoms with Crippen LogP contribution >= 0.6 is 0 Å². The first-order chi connectivity index (χ1) is 8.26. The fourth-order valence-corrected chi connectivity index (χ4v) is 1.86. The Balaban J connectivity index is 2.48. The summed E-state index contributed by atoms with van der Waals surface area (Å²) in [5.74, 6) is 0.370. The lowest BCUT2D eigenvalue weighted by atomic mass is 9.96. The molecule has 0 aliphatic heterocycles. The van der Waals surface area contributed by atoms with Gasteiger partial charge in [-0.3, -0.25) is 0 Å². The Kier molecular flexibility index (Phi) is 6.82. The number of ether oxygens (including phenoxy) is 1. The summed E-state index contributed by atoms with van der Waals surface area (Å²) in [7, 11) is 1.72. The number of halogens is 1. The zero-order chi connectivity index (χ0) is 12.5. The average Bonchev–Trinajstić information content (AvgIpc) is 2.35. The maximum absolute atomic E-state index is 12.8. The molecule has 0 heterocycles. The van der Waals surface area contributed by atoms with Crippen LogP contribution < -0.4 is 5.32 Å². The minimum Gasteiger partial charge on any atom is -0.385 e. The van der Waals surface area contributed by atoms with Crippen molar-refractivity contribution in [1.29, 1.82) is 0 Å². The van der Waals surface area contributed by atoms with Gasteiger partial charge in [0.1, 0.15) is 5.82 Å². The Labute approximate surface area is 103 Å². The maximum Gasteiger partial charge on any atom is 0.123 e.